The van der Waals surface area contributed by atoms with Crippen LogP contribution in [0.1, 0.15) is 16.2 Å². The molecular formula is C15H11ClN2O2. The molecule has 0 radical (unpaired) electrons. The van der Waals surface area contributed by atoms with Gasteiger partial charge < -0.3 is 5.11 Å². The van der Waals surface area contributed by atoms with E-state index in [-0.39, 0.29) is 5.56 Å². The molecule has 0 saturated heterocycles. The summed E-state index contributed by atoms with van der Waals surface area (Å²) in [6.07, 6.45) is 0. The Kier molecular flexibility index (Phi) is 2.95. The summed E-state index contributed by atoms with van der Waals surface area (Å²) in [6.45, 7) is 1.86. The fourth-order valence-electron chi connectivity index (χ4n) is 2.27. The van der Waals surface area contributed by atoms with Gasteiger partial charge in [-0.25, -0.2) is 9.78 Å². The van der Waals surface area contributed by atoms with Crippen LogP contribution >= 0.6 is 11.6 Å². The third-order valence-corrected chi connectivity index (χ3v) is 3.48. The van der Waals surface area contributed by atoms with E-state index in [0.717, 1.165) is 22.5 Å². The number of carbonyl (C=O) groups is 1. The minimum Gasteiger partial charge on any atom is -0.478 e. The highest BCUT2D eigenvalue weighted by molar-refractivity contribution is 6.32. The van der Waals surface area contributed by atoms with Gasteiger partial charge in [-0.1, -0.05) is 23.7 Å². The average Bonchev–Trinajstić information content (AvgIpc) is 2.74. The molecule has 0 atom stereocenters. The smallest absolute Gasteiger partial charge is 0.335 e. The van der Waals surface area contributed by atoms with Crippen molar-refractivity contribution in [3.8, 4) is 5.69 Å². The fraction of sp³-hybridized carbons (Fsp3) is 0.0667. The molecule has 0 aliphatic rings. The molecule has 1 N–H and O–H groups in total. The van der Waals surface area contributed by atoms with Crippen LogP contribution in [0.2, 0.25) is 5.02 Å². The molecular weight excluding hydrogens is 276 g/mol. The van der Waals surface area contributed by atoms with Crippen molar-refractivity contribution in [1.29, 1.82) is 0 Å². The minimum atomic E-state index is -0.962. The Hall–Kier alpha value is -2.33. The molecule has 3 aromatic rings. The first-order valence-electron chi connectivity index (χ1n) is 6.05. The topological polar surface area (TPSA) is 55.1 Å². The summed E-state index contributed by atoms with van der Waals surface area (Å²) < 4.78 is 1.87. The zero-order valence-electron chi connectivity index (χ0n) is 10.7. The molecule has 0 spiro atoms. The molecule has 0 unspecified atom stereocenters. The second-order valence-electron chi connectivity index (χ2n) is 4.45. The lowest BCUT2D eigenvalue weighted by Gasteiger charge is -2.09. The molecule has 0 aliphatic carbocycles. The number of hydrogen-bond donors (Lipinski definition) is 1. The lowest BCUT2D eigenvalue weighted by molar-refractivity contribution is 0.0697. The van der Waals surface area contributed by atoms with Gasteiger partial charge >= 0.3 is 5.97 Å². The van der Waals surface area contributed by atoms with E-state index in [4.69, 9.17) is 16.7 Å². The summed E-state index contributed by atoms with van der Waals surface area (Å²) in [4.78, 5) is 15.6. The van der Waals surface area contributed by atoms with E-state index >= 15 is 0 Å². The number of halogens is 1. The van der Waals surface area contributed by atoms with Crippen molar-refractivity contribution in [1.82, 2.24) is 9.55 Å². The zero-order chi connectivity index (χ0) is 14.3. The van der Waals surface area contributed by atoms with Crippen molar-refractivity contribution < 1.29 is 9.90 Å². The van der Waals surface area contributed by atoms with Crippen molar-refractivity contribution in [2.45, 2.75) is 6.92 Å². The zero-order valence-corrected chi connectivity index (χ0v) is 11.4. The Labute approximate surface area is 120 Å². The van der Waals surface area contributed by atoms with Gasteiger partial charge in [0, 0.05) is 0 Å². The Balaban J connectivity index is 2.35. The third kappa shape index (κ3) is 1.94. The average molecular weight is 287 g/mol. The molecule has 3 rings (SSSR count). The van der Waals surface area contributed by atoms with Gasteiger partial charge in [-0.15, -0.1) is 0 Å². The number of para-hydroxylation sites is 1. The molecule has 5 heteroatoms. The quantitative estimate of drug-likeness (QED) is 0.782. The predicted molar refractivity (Wildman–Crippen MR) is 77.8 cm³/mol. The van der Waals surface area contributed by atoms with Crippen LogP contribution in [0.15, 0.2) is 42.5 Å². The van der Waals surface area contributed by atoms with Crippen LogP contribution in [0.4, 0.5) is 0 Å². The van der Waals surface area contributed by atoms with Gasteiger partial charge in [0.15, 0.2) is 0 Å². The summed E-state index contributed by atoms with van der Waals surface area (Å²) in [6, 6.07) is 12.3. The summed E-state index contributed by atoms with van der Waals surface area (Å²) in [5, 5.41) is 9.70. The number of aromatic carboxylic acids is 1. The van der Waals surface area contributed by atoms with Crippen molar-refractivity contribution in [3.05, 3.63) is 58.9 Å². The minimum absolute atomic E-state index is 0.228. The normalized spacial score (nSPS) is 10.9. The Morgan fingerprint density at radius 2 is 2.00 bits per heavy atom. The monoisotopic (exact) mass is 286 g/mol. The number of carboxylic acid groups (broad SMARTS) is 1. The van der Waals surface area contributed by atoms with E-state index < -0.39 is 5.97 Å². The lowest BCUT2D eigenvalue weighted by Crippen LogP contribution is -2.00. The molecule has 20 heavy (non-hydrogen) atoms. The van der Waals surface area contributed by atoms with Crippen LogP contribution in [0.5, 0.6) is 0 Å². The molecule has 0 saturated carbocycles. The number of rotatable bonds is 2. The van der Waals surface area contributed by atoms with Crippen molar-refractivity contribution in [3.63, 3.8) is 0 Å². The molecule has 0 fully saturated rings. The number of imidazole rings is 1. The maximum absolute atomic E-state index is 11.1. The molecule has 0 amide bonds. The van der Waals surface area contributed by atoms with Crippen molar-refractivity contribution >= 4 is 28.6 Å². The van der Waals surface area contributed by atoms with Crippen LogP contribution in [0, 0.1) is 6.92 Å². The van der Waals surface area contributed by atoms with E-state index in [1.807, 2.05) is 29.7 Å². The van der Waals surface area contributed by atoms with Crippen LogP contribution in [0.25, 0.3) is 16.7 Å². The van der Waals surface area contributed by atoms with E-state index in [9.17, 15) is 4.79 Å². The second kappa shape index (κ2) is 4.65. The van der Waals surface area contributed by atoms with Gasteiger partial charge in [0.1, 0.15) is 5.82 Å². The van der Waals surface area contributed by atoms with Crippen LogP contribution in [0.3, 0.4) is 0 Å². The number of aryl methyl sites for hydroxylation is 1. The molecule has 4 nitrogen and oxygen atoms in total. The molecule has 0 bridgehead atoms. The standard InChI is InChI=1S/C15H11ClN2O2/c1-9-17-12-7-6-10(15(19)20)8-14(12)18(9)13-5-3-2-4-11(13)16/h2-8H,1H3,(H,19,20). The first kappa shape index (κ1) is 12.7. The van der Waals surface area contributed by atoms with E-state index in [1.165, 1.54) is 0 Å². The van der Waals surface area contributed by atoms with Crippen molar-refractivity contribution in [2.24, 2.45) is 0 Å². The molecule has 0 aliphatic heterocycles. The molecule has 1 heterocycles. The third-order valence-electron chi connectivity index (χ3n) is 3.16. The summed E-state index contributed by atoms with van der Waals surface area (Å²) >= 11 is 6.23. The Bertz CT molecular complexity index is 824. The van der Waals surface area contributed by atoms with Crippen LogP contribution in [-0.2, 0) is 0 Å². The Morgan fingerprint density at radius 1 is 1.25 bits per heavy atom. The van der Waals surface area contributed by atoms with Gasteiger partial charge in [0.05, 0.1) is 27.3 Å². The lowest BCUT2D eigenvalue weighted by atomic mass is 10.2. The predicted octanol–water partition coefficient (Wildman–Crippen LogP) is 3.69. The highest BCUT2D eigenvalue weighted by Crippen LogP contribution is 2.27. The van der Waals surface area contributed by atoms with Gasteiger partial charge in [-0.05, 0) is 37.3 Å². The molecule has 100 valence electrons. The van der Waals surface area contributed by atoms with Crippen molar-refractivity contribution in [2.75, 3.05) is 0 Å². The maximum Gasteiger partial charge on any atom is 0.335 e. The number of benzene rings is 2. The van der Waals surface area contributed by atoms with Gasteiger partial charge in [0.2, 0.25) is 0 Å². The van der Waals surface area contributed by atoms with Gasteiger partial charge in [-0.3, -0.25) is 4.57 Å². The first-order valence-corrected chi connectivity index (χ1v) is 6.43. The number of aromatic nitrogens is 2. The fourth-order valence-corrected chi connectivity index (χ4v) is 2.49. The number of nitrogens with zero attached hydrogens (tertiary/aromatic N) is 2. The summed E-state index contributed by atoms with van der Waals surface area (Å²) in [5.41, 5.74) is 2.49. The summed E-state index contributed by atoms with van der Waals surface area (Å²) in [5.74, 6) is -0.202. The number of fused-ring (bicyclic) bond motifs is 1. The van der Waals surface area contributed by atoms with Crippen LogP contribution < -0.4 is 0 Å². The molecule has 1 aromatic heterocycles. The highest BCUT2D eigenvalue weighted by Gasteiger charge is 2.13. The maximum atomic E-state index is 11.1. The SMILES string of the molecule is Cc1nc2ccc(C(=O)O)cc2n1-c1ccccc1Cl. The second-order valence-corrected chi connectivity index (χ2v) is 4.86. The van der Waals surface area contributed by atoms with E-state index in [0.29, 0.717) is 5.02 Å². The highest BCUT2D eigenvalue weighted by atomic mass is 35.5. The number of hydrogen-bond acceptors (Lipinski definition) is 2. The van der Waals surface area contributed by atoms with E-state index in [2.05, 4.69) is 4.98 Å². The number of carboxylic acids is 1. The van der Waals surface area contributed by atoms with Gasteiger partial charge in [-0.2, -0.15) is 0 Å². The van der Waals surface area contributed by atoms with Crippen LogP contribution in [-0.4, -0.2) is 20.6 Å². The largest absolute Gasteiger partial charge is 0.478 e. The Morgan fingerprint density at radius 3 is 2.70 bits per heavy atom. The van der Waals surface area contributed by atoms with E-state index in [1.54, 1.807) is 24.3 Å². The van der Waals surface area contributed by atoms with Gasteiger partial charge in [0.25, 0.3) is 0 Å². The molecule has 2 aromatic carbocycles. The first-order chi connectivity index (χ1) is 9.58. The summed E-state index contributed by atoms with van der Waals surface area (Å²) in [7, 11) is 0.